The summed E-state index contributed by atoms with van der Waals surface area (Å²) in [5.41, 5.74) is 7.37. The Labute approximate surface area is 91.1 Å². The molecular weight excluding hydrogens is 333 g/mol. The predicted octanol–water partition coefficient (Wildman–Crippen LogP) is 1.52. The molecule has 4 heteroatoms. The molecule has 1 N–H and O–H groups in total. The fraction of sp³-hybridized carbons (Fsp3) is 0.600. The second-order valence-electron chi connectivity index (χ2n) is 1.34. The zero-order chi connectivity index (χ0) is 6.41. The second-order valence-corrected chi connectivity index (χ2v) is 1.34. The molecule has 0 aromatic carbocycles. The third kappa shape index (κ3) is 12.2. The summed E-state index contributed by atoms with van der Waals surface area (Å²) in [5.74, 6) is 0. The summed E-state index contributed by atoms with van der Waals surface area (Å²) >= 11 is 0. The molecule has 0 spiro atoms. The van der Waals surface area contributed by atoms with Crippen molar-refractivity contribution < 1.29 is 53.8 Å². The molecule has 0 aliphatic rings. The van der Waals surface area contributed by atoms with E-state index in [1.165, 1.54) is 7.11 Å². The molecule has 3 nitrogen and oxygen atoms in total. The summed E-state index contributed by atoms with van der Waals surface area (Å²) in [6.07, 6.45) is 1.61. The Morgan fingerprint density at radius 1 is 1.67 bits per heavy atom. The van der Waals surface area contributed by atoms with Crippen LogP contribution < -0.4 is 0 Å². The standard InChI is InChI=1S/C5H10NO2.Ac/c1-5(6)3-4-8-7-2;/h3,6H,4H2,1-2H3;/q-1;/b5-3+;. The van der Waals surface area contributed by atoms with Gasteiger partial charge in [-0.25, -0.2) is 9.78 Å². The Morgan fingerprint density at radius 2 is 2.22 bits per heavy atom. The van der Waals surface area contributed by atoms with Gasteiger partial charge in [-0.1, -0.05) is 13.0 Å². The second kappa shape index (κ2) is 8.90. The Hall–Kier alpha value is 0.902. The van der Waals surface area contributed by atoms with Crippen LogP contribution in [0.1, 0.15) is 6.92 Å². The van der Waals surface area contributed by atoms with Crippen LogP contribution >= 0.6 is 0 Å². The molecule has 0 fully saturated rings. The summed E-state index contributed by atoms with van der Waals surface area (Å²) in [6.45, 7) is 2.03. The Kier molecular flexibility index (Phi) is 12.4. The molecule has 0 aliphatic carbocycles. The van der Waals surface area contributed by atoms with Crippen molar-refractivity contribution in [2.45, 2.75) is 6.92 Å². The van der Waals surface area contributed by atoms with E-state index in [0.29, 0.717) is 12.3 Å². The first-order valence-electron chi connectivity index (χ1n) is 2.31. The third-order valence-electron chi connectivity index (χ3n) is 0.575. The number of hydrogen-bond donors (Lipinski definition) is 0. The SMILES string of the molecule is COOC/C=C(\C)[NH-].[Ac]. The van der Waals surface area contributed by atoms with Crippen molar-refractivity contribution in [2.75, 3.05) is 13.7 Å². The number of hydrogen-bond acceptors (Lipinski definition) is 2. The summed E-state index contributed by atoms with van der Waals surface area (Å²) in [5, 5.41) is 0. The van der Waals surface area contributed by atoms with E-state index in [0.717, 1.165) is 0 Å². The Bertz CT molecular complexity index is 81.0. The van der Waals surface area contributed by atoms with Gasteiger partial charge in [0, 0.05) is 44.1 Å². The van der Waals surface area contributed by atoms with Gasteiger partial charge in [-0.05, 0) is 0 Å². The van der Waals surface area contributed by atoms with Crippen molar-refractivity contribution in [3.63, 3.8) is 0 Å². The molecule has 0 unspecified atom stereocenters. The van der Waals surface area contributed by atoms with Crippen LogP contribution in [0.5, 0.6) is 0 Å². The van der Waals surface area contributed by atoms with E-state index in [-0.39, 0.29) is 44.1 Å². The van der Waals surface area contributed by atoms with Gasteiger partial charge in [0.1, 0.15) is 0 Å². The average molecular weight is 343 g/mol. The largest absolute Gasteiger partial charge is 0.703 e. The van der Waals surface area contributed by atoms with Gasteiger partial charge in [0.2, 0.25) is 0 Å². The fourth-order valence-corrected chi connectivity index (χ4v) is 0.227. The summed E-state index contributed by atoms with van der Waals surface area (Å²) in [6, 6.07) is 0. The van der Waals surface area contributed by atoms with Crippen molar-refractivity contribution in [1.29, 1.82) is 0 Å². The van der Waals surface area contributed by atoms with Crippen molar-refractivity contribution in [3.05, 3.63) is 17.5 Å². The molecule has 0 saturated heterocycles. The maximum Gasteiger partial charge on any atom is 0.0992 e. The summed E-state index contributed by atoms with van der Waals surface area (Å²) < 4.78 is 0. The first kappa shape index (κ1) is 12.6. The van der Waals surface area contributed by atoms with E-state index in [9.17, 15) is 0 Å². The number of rotatable bonds is 3. The number of allylic oxidation sites excluding steroid dienone is 1. The molecule has 0 amide bonds. The van der Waals surface area contributed by atoms with Gasteiger partial charge in [0.15, 0.2) is 0 Å². The van der Waals surface area contributed by atoms with E-state index in [2.05, 4.69) is 9.78 Å². The third-order valence-corrected chi connectivity index (χ3v) is 0.575. The van der Waals surface area contributed by atoms with Crippen LogP contribution in [0.2, 0.25) is 0 Å². The van der Waals surface area contributed by atoms with E-state index < -0.39 is 0 Å². The van der Waals surface area contributed by atoms with Gasteiger partial charge in [-0.15, -0.1) is 0 Å². The minimum atomic E-state index is 0. The van der Waals surface area contributed by atoms with E-state index >= 15 is 0 Å². The first-order chi connectivity index (χ1) is 3.77. The molecule has 0 aromatic heterocycles. The molecule has 1 radical (unpaired) electrons. The maximum atomic E-state index is 6.88. The zero-order valence-electron chi connectivity index (χ0n) is 5.68. The minimum absolute atomic E-state index is 0. The molecule has 0 atom stereocenters. The molecule has 0 aromatic rings. The van der Waals surface area contributed by atoms with Crippen LogP contribution in [-0.2, 0) is 9.78 Å². The van der Waals surface area contributed by atoms with Crippen LogP contribution in [0, 0.1) is 44.1 Å². The van der Waals surface area contributed by atoms with Crippen LogP contribution in [0.15, 0.2) is 11.8 Å². The Morgan fingerprint density at radius 3 is 2.56 bits per heavy atom. The zero-order valence-corrected chi connectivity index (χ0v) is 10.4. The van der Waals surface area contributed by atoms with Crippen molar-refractivity contribution >= 4 is 0 Å². The van der Waals surface area contributed by atoms with Gasteiger partial charge in [0.05, 0.1) is 13.7 Å². The van der Waals surface area contributed by atoms with Crippen LogP contribution in [0.3, 0.4) is 0 Å². The first-order valence-corrected chi connectivity index (χ1v) is 2.31. The smallest absolute Gasteiger partial charge is 0.0992 e. The van der Waals surface area contributed by atoms with E-state index in [4.69, 9.17) is 5.73 Å². The Balaban J connectivity index is 0. The van der Waals surface area contributed by atoms with E-state index in [1.807, 2.05) is 0 Å². The normalized spacial score (nSPS) is 10.7. The number of nitrogens with one attached hydrogen (secondary N) is 1. The molecule has 0 saturated carbocycles. The van der Waals surface area contributed by atoms with Crippen LogP contribution in [-0.4, -0.2) is 13.7 Å². The van der Waals surface area contributed by atoms with Crippen LogP contribution in [0.4, 0.5) is 0 Å². The minimum Gasteiger partial charge on any atom is -0.703 e. The van der Waals surface area contributed by atoms with Crippen molar-refractivity contribution in [3.8, 4) is 0 Å². The molecule has 0 rings (SSSR count). The van der Waals surface area contributed by atoms with Crippen LogP contribution in [0.25, 0.3) is 5.73 Å². The predicted molar refractivity (Wildman–Crippen MR) is 31.0 cm³/mol. The maximum absolute atomic E-state index is 6.88. The monoisotopic (exact) mass is 343 g/mol. The molecule has 0 bridgehead atoms. The molecule has 0 heterocycles. The molecule has 9 heavy (non-hydrogen) atoms. The molecule has 51 valence electrons. The van der Waals surface area contributed by atoms with Gasteiger partial charge in [-0.3, -0.25) is 0 Å². The van der Waals surface area contributed by atoms with Crippen molar-refractivity contribution in [1.82, 2.24) is 0 Å². The summed E-state index contributed by atoms with van der Waals surface area (Å²) in [7, 11) is 1.44. The van der Waals surface area contributed by atoms with Gasteiger partial charge in [-0.2, -0.15) is 5.70 Å². The van der Waals surface area contributed by atoms with Gasteiger partial charge >= 0.3 is 0 Å². The molecular formula is C5H10AcNO2-. The van der Waals surface area contributed by atoms with Gasteiger partial charge in [0.25, 0.3) is 0 Å². The average Bonchev–Trinajstić information content (AvgIpc) is 1.66. The van der Waals surface area contributed by atoms with Crippen molar-refractivity contribution in [2.24, 2.45) is 0 Å². The quantitative estimate of drug-likeness (QED) is 0.443. The molecule has 0 aliphatic heterocycles. The van der Waals surface area contributed by atoms with Gasteiger partial charge < -0.3 is 5.73 Å². The summed E-state index contributed by atoms with van der Waals surface area (Å²) in [4.78, 5) is 8.71. The fourth-order valence-electron chi connectivity index (χ4n) is 0.227. The topological polar surface area (TPSA) is 42.3 Å². The van der Waals surface area contributed by atoms with E-state index in [1.54, 1.807) is 13.0 Å².